The monoisotopic (exact) mass is 174 g/mol. The van der Waals surface area contributed by atoms with Crippen LogP contribution in [0.25, 0.3) is 0 Å². The fourth-order valence-corrected chi connectivity index (χ4v) is 0.569. The lowest BCUT2D eigenvalue weighted by Crippen LogP contribution is -2.46. The maximum Gasteiger partial charge on any atom is 0.315 e. The standard InChI is InChI=1S/C6H14N4O2/c1-3-8-6(11)9-4(2)5(7)10-12/h4,12H,3H2,1-2H3,(H2,7,10)(H2,8,9,11). The number of rotatable bonds is 3. The fourth-order valence-electron chi connectivity index (χ4n) is 0.569. The van der Waals surface area contributed by atoms with Gasteiger partial charge in [0.1, 0.15) is 0 Å². The van der Waals surface area contributed by atoms with E-state index in [1.807, 2.05) is 0 Å². The van der Waals surface area contributed by atoms with Crippen LogP contribution in [0.3, 0.4) is 0 Å². The van der Waals surface area contributed by atoms with E-state index >= 15 is 0 Å². The van der Waals surface area contributed by atoms with Gasteiger partial charge >= 0.3 is 6.03 Å². The third-order valence-electron chi connectivity index (χ3n) is 1.24. The molecule has 0 aliphatic heterocycles. The van der Waals surface area contributed by atoms with E-state index in [4.69, 9.17) is 10.9 Å². The SMILES string of the molecule is CCNC(=O)NC(C)/C(N)=N/O. The van der Waals surface area contributed by atoms with E-state index in [2.05, 4.69) is 15.8 Å². The molecule has 0 spiro atoms. The van der Waals surface area contributed by atoms with Gasteiger partial charge in [0.05, 0.1) is 6.04 Å². The van der Waals surface area contributed by atoms with Crippen LogP contribution in [0.4, 0.5) is 4.79 Å². The number of nitrogens with zero attached hydrogens (tertiary/aromatic N) is 1. The number of oxime groups is 1. The molecule has 0 saturated carbocycles. The highest BCUT2D eigenvalue weighted by Gasteiger charge is 2.09. The molecule has 0 radical (unpaired) electrons. The second kappa shape index (κ2) is 5.22. The number of urea groups is 1. The molecule has 1 atom stereocenters. The van der Waals surface area contributed by atoms with E-state index in [1.54, 1.807) is 13.8 Å². The third-order valence-corrected chi connectivity index (χ3v) is 1.24. The molecule has 12 heavy (non-hydrogen) atoms. The van der Waals surface area contributed by atoms with Crippen LogP contribution in [0.2, 0.25) is 0 Å². The number of nitrogens with one attached hydrogen (secondary N) is 2. The predicted octanol–water partition coefficient (Wildman–Crippen LogP) is -0.560. The Kier molecular flexibility index (Phi) is 4.59. The van der Waals surface area contributed by atoms with Crippen molar-refractivity contribution in [3.05, 3.63) is 0 Å². The van der Waals surface area contributed by atoms with Crippen molar-refractivity contribution in [3.63, 3.8) is 0 Å². The molecule has 6 nitrogen and oxygen atoms in total. The Hall–Kier alpha value is -1.46. The largest absolute Gasteiger partial charge is 0.409 e. The summed E-state index contributed by atoms with van der Waals surface area (Å²) >= 11 is 0. The van der Waals surface area contributed by atoms with E-state index in [-0.39, 0.29) is 11.9 Å². The summed E-state index contributed by atoms with van der Waals surface area (Å²) in [5, 5.41) is 16.0. The van der Waals surface area contributed by atoms with Gasteiger partial charge in [0.2, 0.25) is 0 Å². The Morgan fingerprint density at radius 1 is 1.75 bits per heavy atom. The molecule has 70 valence electrons. The van der Waals surface area contributed by atoms with Crippen molar-refractivity contribution in [2.24, 2.45) is 10.9 Å². The Bertz CT molecular complexity index is 180. The van der Waals surface area contributed by atoms with Crippen molar-refractivity contribution in [2.75, 3.05) is 6.54 Å². The van der Waals surface area contributed by atoms with Gasteiger partial charge in [-0.05, 0) is 13.8 Å². The Morgan fingerprint density at radius 2 is 2.33 bits per heavy atom. The first-order chi connectivity index (χ1) is 5.61. The summed E-state index contributed by atoms with van der Waals surface area (Å²) in [7, 11) is 0. The van der Waals surface area contributed by atoms with Crippen molar-refractivity contribution >= 4 is 11.9 Å². The Labute approximate surface area is 70.8 Å². The first kappa shape index (κ1) is 10.5. The van der Waals surface area contributed by atoms with Crippen LogP contribution in [0, 0.1) is 0 Å². The van der Waals surface area contributed by atoms with E-state index < -0.39 is 6.04 Å². The minimum Gasteiger partial charge on any atom is -0.409 e. The van der Waals surface area contributed by atoms with Gasteiger partial charge in [-0.25, -0.2) is 4.79 Å². The lowest BCUT2D eigenvalue weighted by atomic mass is 10.3. The van der Waals surface area contributed by atoms with Gasteiger partial charge in [-0.1, -0.05) is 5.16 Å². The third kappa shape index (κ3) is 3.65. The quantitative estimate of drug-likeness (QED) is 0.200. The average molecular weight is 174 g/mol. The van der Waals surface area contributed by atoms with E-state index in [1.165, 1.54) is 0 Å². The van der Waals surface area contributed by atoms with Crippen LogP contribution in [0.5, 0.6) is 0 Å². The maximum atomic E-state index is 10.9. The topological polar surface area (TPSA) is 99.7 Å². The fraction of sp³-hybridized carbons (Fsp3) is 0.667. The molecule has 0 heterocycles. The maximum absolute atomic E-state index is 10.9. The zero-order chi connectivity index (χ0) is 9.56. The molecule has 0 aliphatic rings. The zero-order valence-electron chi connectivity index (χ0n) is 7.16. The van der Waals surface area contributed by atoms with Gasteiger partial charge in [0.15, 0.2) is 5.84 Å². The second-order valence-electron chi connectivity index (χ2n) is 2.25. The van der Waals surface area contributed by atoms with Crippen LogP contribution in [0.15, 0.2) is 5.16 Å². The summed E-state index contributed by atoms with van der Waals surface area (Å²) in [5.74, 6) is -0.0266. The van der Waals surface area contributed by atoms with Crippen LogP contribution >= 0.6 is 0 Å². The summed E-state index contributed by atoms with van der Waals surface area (Å²) in [6.07, 6.45) is 0. The highest BCUT2D eigenvalue weighted by molar-refractivity contribution is 5.89. The molecule has 2 amide bonds. The molecule has 6 heteroatoms. The van der Waals surface area contributed by atoms with Crippen molar-refractivity contribution in [2.45, 2.75) is 19.9 Å². The van der Waals surface area contributed by atoms with Crippen molar-refractivity contribution in [1.82, 2.24) is 10.6 Å². The smallest absolute Gasteiger partial charge is 0.315 e. The van der Waals surface area contributed by atoms with Gasteiger partial charge in [-0.15, -0.1) is 0 Å². The molecule has 0 rings (SSSR count). The van der Waals surface area contributed by atoms with Crippen molar-refractivity contribution in [1.29, 1.82) is 0 Å². The van der Waals surface area contributed by atoms with E-state index in [0.29, 0.717) is 6.54 Å². The lowest BCUT2D eigenvalue weighted by Gasteiger charge is -2.11. The van der Waals surface area contributed by atoms with E-state index in [9.17, 15) is 4.79 Å². The summed E-state index contributed by atoms with van der Waals surface area (Å²) < 4.78 is 0. The minimum atomic E-state index is -0.471. The minimum absolute atomic E-state index is 0.0266. The molecule has 0 bridgehead atoms. The summed E-state index contributed by atoms with van der Waals surface area (Å²) in [6.45, 7) is 3.95. The van der Waals surface area contributed by atoms with Crippen molar-refractivity contribution in [3.8, 4) is 0 Å². The number of amides is 2. The molecule has 0 saturated heterocycles. The molecule has 0 aromatic rings. The zero-order valence-corrected chi connectivity index (χ0v) is 7.16. The summed E-state index contributed by atoms with van der Waals surface area (Å²) in [4.78, 5) is 10.9. The molecule has 0 aliphatic carbocycles. The predicted molar refractivity (Wildman–Crippen MR) is 45.1 cm³/mol. The lowest BCUT2D eigenvalue weighted by molar-refractivity contribution is 0.240. The molecule has 5 N–H and O–H groups in total. The van der Waals surface area contributed by atoms with Gasteiger partial charge in [-0.3, -0.25) is 0 Å². The molecule has 0 aromatic carbocycles. The number of carbonyl (C=O) groups is 1. The van der Waals surface area contributed by atoms with Crippen LogP contribution in [-0.4, -0.2) is 29.7 Å². The molecule has 0 aromatic heterocycles. The van der Waals surface area contributed by atoms with Crippen LogP contribution in [-0.2, 0) is 0 Å². The van der Waals surface area contributed by atoms with Crippen LogP contribution in [0.1, 0.15) is 13.8 Å². The number of nitrogens with two attached hydrogens (primary N) is 1. The summed E-state index contributed by atoms with van der Waals surface area (Å²) in [6, 6.07) is -0.807. The number of carbonyl (C=O) groups excluding carboxylic acids is 1. The molecule has 1 unspecified atom stereocenters. The molecule has 0 fully saturated rings. The van der Waals surface area contributed by atoms with Crippen molar-refractivity contribution < 1.29 is 10.0 Å². The van der Waals surface area contributed by atoms with Gasteiger partial charge < -0.3 is 21.6 Å². The second-order valence-corrected chi connectivity index (χ2v) is 2.25. The Balaban J connectivity index is 3.84. The first-order valence-electron chi connectivity index (χ1n) is 3.63. The van der Waals surface area contributed by atoms with E-state index in [0.717, 1.165) is 0 Å². The van der Waals surface area contributed by atoms with Crippen LogP contribution < -0.4 is 16.4 Å². The van der Waals surface area contributed by atoms with Gasteiger partial charge in [0, 0.05) is 6.54 Å². The number of hydrogen-bond donors (Lipinski definition) is 4. The number of amidine groups is 1. The number of hydrogen-bond acceptors (Lipinski definition) is 3. The Morgan fingerprint density at radius 3 is 2.75 bits per heavy atom. The summed E-state index contributed by atoms with van der Waals surface area (Å²) in [5.41, 5.74) is 5.22. The highest BCUT2D eigenvalue weighted by atomic mass is 16.4. The molecular weight excluding hydrogens is 160 g/mol. The highest BCUT2D eigenvalue weighted by Crippen LogP contribution is 1.80. The van der Waals surface area contributed by atoms with Gasteiger partial charge in [-0.2, -0.15) is 0 Å². The normalized spacial score (nSPS) is 13.7. The van der Waals surface area contributed by atoms with Gasteiger partial charge in [0.25, 0.3) is 0 Å². The average Bonchev–Trinajstić information content (AvgIpc) is 2.03. The first-order valence-corrected chi connectivity index (χ1v) is 3.63. The molecular formula is C6H14N4O2.